The number of rotatable bonds is 3. The Labute approximate surface area is 165 Å². The lowest BCUT2D eigenvalue weighted by atomic mass is 9.99. The predicted octanol–water partition coefficient (Wildman–Crippen LogP) is 3.70. The maximum Gasteiger partial charge on any atom is 0.173 e. The number of hydrogen-bond donors (Lipinski definition) is 2. The summed E-state index contributed by atoms with van der Waals surface area (Å²) in [4.78, 5) is 4.16. The molecule has 1 aromatic carbocycles. The van der Waals surface area contributed by atoms with Gasteiger partial charge in [-0.3, -0.25) is 0 Å². The first-order chi connectivity index (χ1) is 12.6. The zero-order valence-corrected chi connectivity index (χ0v) is 17.6. The van der Waals surface area contributed by atoms with Crippen LogP contribution in [0.15, 0.2) is 18.2 Å². The maximum atomic E-state index is 5.71. The van der Waals surface area contributed by atoms with E-state index in [1.54, 1.807) is 4.90 Å². The number of nitrogens with zero attached hydrogens (tertiary/aromatic N) is 1. The number of nitrogens with one attached hydrogen (secondary N) is 2. The van der Waals surface area contributed by atoms with Crippen molar-refractivity contribution in [2.45, 2.75) is 77.3 Å². The summed E-state index contributed by atoms with van der Waals surface area (Å²) >= 11 is 5.71. The standard InChI is InChI=1S/C22H35N3S/c1-17-9-8-12-21(18(17)2)23-22(26)25-15-13-20(14-16-25)24(3)19-10-6-4-5-7-11-19/h8-9,12,19-20H,4-7,10-11,13-16H2,1-3H3,(H,23,26)/p+1. The Balaban J connectivity index is 1.51. The number of piperidine rings is 1. The number of thiocarbonyl (C=S) groups is 1. The highest BCUT2D eigenvalue weighted by Gasteiger charge is 2.31. The van der Waals surface area contributed by atoms with Crippen molar-refractivity contribution in [3.63, 3.8) is 0 Å². The topological polar surface area (TPSA) is 19.7 Å². The first-order valence-electron chi connectivity index (χ1n) is 10.5. The molecule has 0 radical (unpaired) electrons. The molecule has 1 heterocycles. The molecule has 3 rings (SSSR count). The van der Waals surface area contributed by atoms with Gasteiger partial charge in [-0.05, 0) is 68.9 Å². The summed E-state index contributed by atoms with van der Waals surface area (Å²) in [6, 6.07) is 8.07. The van der Waals surface area contributed by atoms with Crippen LogP contribution in [0.4, 0.5) is 5.69 Å². The lowest BCUT2D eigenvalue weighted by Gasteiger charge is -2.38. The summed E-state index contributed by atoms with van der Waals surface area (Å²) in [5, 5.41) is 4.38. The molecule has 2 aliphatic rings. The lowest BCUT2D eigenvalue weighted by Crippen LogP contribution is -3.17. The van der Waals surface area contributed by atoms with E-state index in [1.165, 1.54) is 62.5 Å². The van der Waals surface area contributed by atoms with Gasteiger partial charge in [-0.25, -0.2) is 0 Å². The maximum absolute atomic E-state index is 5.71. The summed E-state index contributed by atoms with van der Waals surface area (Å²) in [6.45, 7) is 6.50. The Kier molecular flexibility index (Phi) is 6.93. The number of benzene rings is 1. The van der Waals surface area contributed by atoms with Gasteiger partial charge in [-0.1, -0.05) is 25.0 Å². The minimum absolute atomic E-state index is 0.804. The molecule has 0 bridgehead atoms. The van der Waals surface area contributed by atoms with Crippen LogP contribution in [0.1, 0.15) is 62.5 Å². The first-order valence-corrected chi connectivity index (χ1v) is 10.9. The van der Waals surface area contributed by atoms with Gasteiger partial charge in [-0.2, -0.15) is 0 Å². The number of hydrogen-bond acceptors (Lipinski definition) is 1. The highest BCUT2D eigenvalue weighted by Crippen LogP contribution is 2.20. The molecule has 0 amide bonds. The molecule has 1 aliphatic carbocycles. The van der Waals surface area contributed by atoms with E-state index in [1.807, 2.05) is 0 Å². The van der Waals surface area contributed by atoms with Crippen LogP contribution in [0, 0.1) is 13.8 Å². The minimum atomic E-state index is 0.804. The van der Waals surface area contributed by atoms with E-state index in [-0.39, 0.29) is 0 Å². The van der Waals surface area contributed by atoms with Gasteiger partial charge in [0.05, 0.1) is 19.1 Å². The van der Waals surface area contributed by atoms with E-state index in [0.717, 1.165) is 36.0 Å². The van der Waals surface area contributed by atoms with Gasteiger partial charge in [0, 0.05) is 31.6 Å². The fourth-order valence-electron chi connectivity index (χ4n) is 4.69. The third-order valence-corrected chi connectivity index (χ3v) is 7.13. The average Bonchev–Trinajstić information content (AvgIpc) is 2.94. The largest absolute Gasteiger partial charge is 0.349 e. The van der Waals surface area contributed by atoms with Crippen molar-refractivity contribution in [3.05, 3.63) is 29.3 Å². The van der Waals surface area contributed by atoms with E-state index < -0.39 is 0 Å². The van der Waals surface area contributed by atoms with Crippen LogP contribution in [0.5, 0.6) is 0 Å². The van der Waals surface area contributed by atoms with Gasteiger partial charge >= 0.3 is 0 Å². The fraction of sp³-hybridized carbons (Fsp3) is 0.682. The van der Waals surface area contributed by atoms with Crippen LogP contribution >= 0.6 is 12.2 Å². The summed E-state index contributed by atoms with van der Waals surface area (Å²) in [7, 11) is 2.45. The summed E-state index contributed by atoms with van der Waals surface area (Å²) in [6.07, 6.45) is 11.1. The van der Waals surface area contributed by atoms with E-state index in [9.17, 15) is 0 Å². The van der Waals surface area contributed by atoms with Crippen LogP contribution in [0.3, 0.4) is 0 Å². The Hall–Kier alpha value is -1.13. The molecular weight excluding hydrogens is 338 g/mol. The molecular formula is C22H36N3S+. The summed E-state index contributed by atoms with van der Waals surface area (Å²) < 4.78 is 0. The van der Waals surface area contributed by atoms with Crippen LogP contribution in [0.25, 0.3) is 0 Å². The molecule has 1 unspecified atom stereocenters. The molecule has 1 saturated heterocycles. The molecule has 0 aromatic heterocycles. The quantitative estimate of drug-likeness (QED) is 0.622. The van der Waals surface area contributed by atoms with E-state index in [2.05, 4.69) is 49.3 Å². The van der Waals surface area contributed by atoms with Gasteiger partial charge in [0.1, 0.15) is 0 Å². The third-order valence-electron chi connectivity index (χ3n) is 6.77. The zero-order valence-electron chi connectivity index (χ0n) is 16.8. The lowest BCUT2D eigenvalue weighted by molar-refractivity contribution is -0.933. The molecule has 0 spiro atoms. The van der Waals surface area contributed by atoms with Crippen molar-refractivity contribution in [1.82, 2.24) is 4.90 Å². The molecule has 3 nitrogen and oxygen atoms in total. The Morgan fingerprint density at radius 3 is 2.27 bits per heavy atom. The van der Waals surface area contributed by atoms with E-state index >= 15 is 0 Å². The summed E-state index contributed by atoms with van der Waals surface area (Å²) in [5.74, 6) is 0. The van der Waals surface area contributed by atoms with Gasteiger partial charge in [0.25, 0.3) is 0 Å². The van der Waals surface area contributed by atoms with Gasteiger partial charge in [0.15, 0.2) is 5.11 Å². The number of anilines is 1. The third kappa shape index (κ3) is 4.77. The molecule has 2 N–H and O–H groups in total. The molecule has 1 saturated carbocycles. The second-order valence-corrected chi connectivity index (χ2v) is 8.76. The van der Waals surface area contributed by atoms with Gasteiger partial charge in [0.2, 0.25) is 0 Å². The second kappa shape index (κ2) is 9.18. The van der Waals surface area contributed by atoms with E-state index in [0.29, 0.717) is 0 Å². The van der Waals surface area contributed by atoms with Crippen LogP contribution < -0.4 is 10.2 Å². The smallest absolute Gasteiger partial charge is 0.173 e. The van der Waals surface area contributed by atoms with Crippen molar-refractivity contribution in [1.29, 1.82) is 0 Å². The van der Waals surface area contributed by atoms with Gasteiger partial charge < -0.3 is 15.1 Å². The highest BCUT2D eigenvalue weighted by molar-refractivity contribution is 7.80. The Bertz CT molecular complexity index is 599. The van der Waals surface area contributed by atoms with Crippen LogP contribution in [-0.2, 0) is 0 Å². The van der Waals surface area contributed by atoms with Crippen molar-refractivity contribution in [3.8, 4) is 0 Å². The SMILES string of the molecule is Cc1cccc(NC(=S)N2CCC([NH+](C)C3CCCCCC3)CC2)c1C. The Morgan fingerprint density at radius 2 is 1.62 bits per heavy atom. The number of quaternary nitrogens is 1. The van der Waals surface area contributed by atoms with Crippen molar-refractivity contribution < 1.29 is 4.90 Å². The molecule has 1 atom stereocenters. The first kappa shape index (κ1) is 19.6. The van der Waals surface area contributed by atoms with E-state index in [4.69, 9.17) is 12.2 Å². The van der Waals surface area contributed by atoms with Crippen molar-refractivity contribution in [2.75, 3.05) is 25.5 Å². The molecule has 144 valence electrons. The summed E-state index contributed by atoms with van der Waals surface area (Å²) in [5.41, 5.74) is 3.76. The second-order valence-electron chi connectivity index (χ2n) is 8.37. The molecule has 1 aromatic rings. The molecule has 4 heteroatoms. The molecule has 2 fully saturated rings. The monoisotopic (exact) mass is 374 g/mol. The zero-order chi connectivity index (χ0) is 18.5. The molecule has 1 aliphatic heterocycles. The van der Waals surface area contributed by atoms with Crippen molar-refractivity contribution in [2.24, 2.45) is 0 Å². The van der Waals surface area contributed by atoms with Crippen LogP contribution in [-0.4, -0.2) is 42.2 Å². The van der Waals surface area contributed by atoms with Gasteiger partial charge in [-0.15, -0.1) is 0 Å². The minimum Gasteiger partial charge on any atom is -0.349 e. The van der Waals surface area contributed by atoms with Crippen LogP contribution in [0.2, 0.25) is 0 Å². The predicted molar refractivity (Wildman–Crippen MR) is 115 cm³/mol. The number of aryl methyl sites for hydroxylation is 1. The van der Waals surface area contributed by atoms with Crippen molar-refractivity contribution >= 4 is 23.0 Å². The number of likely N-dealkylation sites (tertiary alicyclic amines) is 1. The Morgan fingerprint density at radius 1 is 1.00 bits per heavy atom. The fourth-order valence-corrected chi connectivity index (χ4v) is 4.98. The normalized spacial score (nSPS) is 21.3. The average molecular weight is 375 g/mol. The highest BCUT2D eigenvalue weighted by atomic mass is 32.1. The molecule has 26 heavy (non-hydrogen) atoms.